The summed E-state index contributed by atoms with van der Waals surface area (Å²) in [6, 6.07) is 16.3. The van der Waals surface area contributed by atoms with Gasteiger partial charge in [0, 0.05) is 0 Å². The predicted molar refractivity (Wildman–Crippen MR) is 91.3 cm³/mol. The predicted octanol–water partition coefficient (Wildman–Crippen LogP) is 2.78. The molecule has 1 N–H and O–H groups in total. The van der Waals surface area contributed by atoms with Crippen LogP contribution in [0.25, 0.3) is 0 Å². The average molecular weight is 331 g/mol. The Morgan fingerprint density at radius 1 is 1.13 bits per heavy atom. The van der Waals surface area contributed by atoms with Crippen molar-refractivity contribution in [3.63, 3.8) is 0 Å². The number of esters is 1. The van der Waals surface area contributed by atoms with Gasteiger partial charge in [0.1, 0.15) is 17.0 Å². The van der Waals surface area contributed by atoms with Crippen LogP contribution in [0.4, 0.5) is 0 Å². The number of hydrogen-bond acceptors (Lipinski definition) is 3. The molecule has 4 nitrogen and oxygen atoms in total. The van der Waals surface area contributed by atoms with Crippen molar-refractivity contribution in [2.75, 3.05) is 6.61 Å². The average Bonchev–Trinajstić information content (AvgIpc) is 2.56. The summed E-state index contributed by atoms with van der Waals surface area (Å²) >= 11 is 0. The van der Waals surface area contributed by atoms with Crippen LogP contribution in [0.5, 0.6) is 0 Å². The number of nitrogens with one attached hydrogen (secondary N) is 1. The maximum absolute atomic E-state index is 12.5. The Balaban J connectivity index is 2.11. The van der Waals surface area contributed by atoms with Crippen LogP contribution >= 0.6 is 0 Å². The zero-order valence-electron chi connectivity index (χ0n) is 13.3. The Bertz CT molecular complexity index is 656. The van der Waals surface area contributed by atoms with Crippen molar-refractivity contribution in [1.29, 1.82) is 0 Å². The van der Waals surface area contributed by atoms with Crippen LogP contribution in [0.3, 0.4) is 0 Å². The Labute approximate surface area is 139 Å². The van der Waals surface area contributed by atoms with Gasteiger partial charge in [0.05, 0.1) is 11.5 Å². The van der Waals surface area contributed by atoms with E-state index in [1.165, 1.54) is 0 Å². The van der Waals surface area contributed by atoms with Gasteiger partial charge < -0.3 is 4.74 Å². The Hall–Kier alpha value is -1.98. The fraction of sp³-hybridized carbons (Fsp3) is 0.278. The van der Waals surface area contributed by atoms with E-state index >= 15 is 0 Å². The normalized spacial score (nSPS) is 13.3. The lowest BCUT2D eigenvalue weighted by Gasteiger charge is -2.17. The van der Waals surface area contributed by atoms with Crippen LogP contribution in [0, 0.1) is 6.92 Å². The van der Waals surface area contributed by atoms with Gasteiger partial charge in [-0.3, -0.25) is 4.79 Å². The molecule has 0 heterocycles. The SMILES string of the molecule is CCOC(=O)[C@H](Cc1ccccc1)NS(=O)c1ccc(C)cc1. The first-order chi connectivity index (χ1) is 11.1. The second-order valence-corrected chi connectivity index (χ2v) is 6.44. The van der Waals surface area contributed by atoms with Gasteiger partial charge in [0.15, 0.2) is 0 Å². The van der Waals surface area contributed by atoms with Crippen LogP contribution in [0.1, 0.15) is 18.1 Å². The molecular weight excluding hydrogens is 310 g/mol. The van der Waals surface area contributed by atoms with Crippen LogP contribution in [-0.2, 0) is 26.9 Å². The second-order valence-electron chi connectivity index (χ2n) is 5.19. The highest BCUT2D eigenvalue weighted by Gasteiger charge is 2.22. The second kappa shape index (κ2) is 8.60. The van der Waals surface area contributed by atoms with Crippen molar-refractivity contribution in [2.24, 2.45) is 0 Å². The summed E-state index contributed by atoms with van der Waals surface area (Å²) in [5.41, 5.74) is 2.08. The first-order valence-corrected chi connectivity index (χ1v) is 8.70. The number of carbonyl (C=O) groups is 1. The largest absolute Gasteiger partial charge is 0.465 e. The lowest BCUT2D eigenvalue weighted by atomic mass is 10.1. The van der Waals surface area contributed by atoms with Gasteiger partial charge >= 0.3 is 5.97 Å². The number of rotatable bonds is 7. The van der Waals surface area contributed by atoms with Crippen LogP contribution in [-0.4, -0.2) is 22.8 Å². The molecule has 0 aromatic heterocycles. The molecule has 0 bridgehead atoms. The summed E-state index contributed by atoms with van der Waals surface area (Å²) in [6.07, 6.45) is 0.428. The summed E-state index contributed by atoms with van der Waals surface area (Å²) in [5, 5.41) is 0. The van der Waals surface area contributed by atoms with Crippen molar-refractivity contribution in [3.05, 3.63) is 65.7 Å². The van der Waals surface area contributed by atoms with E-state index in [-0.39, 0.29) is 0 Å². The van der Waals surface area contributed by atoms with E-state index in [4.69, 9.17) is 4.74 Å². The van der Waals surface area contributed by atoms with Crippen LogP contribution < -0.4 is 4.72 Å². The minimum atomic E-state index is -1.47. The Morgan fingerprint density at radius 2 is 1.78 bits per heavy atom. The van der Waals surface area contributed by atoms with Gasteiger partial charge in [0.2, 0.25) is 0 Å². The zero-order valence-corrected chi connectivity index (χ0v) is 14.1. The van der Waals surface area contributed by atoms with Gasteiger partial charge in [0.25, 0.3) is 0 Å². The van der Waals surface area contributed by atoms with Crippen molar-refractivity contribution >= 4 is 17.0 Å². The summed E-state index contributed by atoms with van der Waals surface area (Å²) in [6.45, 7) is 4.02. The first kappa shape index (κ1) is 17.4. The molecule has 0 saturated heterocycles. The molecule has 0 aliphatic heterocycles. The smallest absolute Gasteiger partial charge is 0.324 e. The molecule has 122 valence electrons. The highest BCUT2D eigenvalue weighted by atomic mass is 32.2. The molecule has 0 fully saturated rings. The fourth-order valence-electron chi connectivity index (χ4n) is 2.12. The highest BCUT2D eigenvalue weighted by Crippen LogP contribution is 2.10. The first-order valence-electron chi connectivity index (χ1n) is 7.55. The third-order valence-corrected chi connectivity index (χ3v) is 4.54. The summed E-state index contributed by atoms with van der Waals surface area (Å²) in [5.74, 6) is -0.392. The molecule has 2 aromatic rings. The number of benzene rings is 2. The number of hydrogen-bond donors (Lipinski definition) is 1. The van der Waals surface area contributed by atoms with E-state index in [9.17, 15) is 9.00 Å². The summed E-state index contributed by atoms with van der Waals surface area (Å²) < 4.78 is 20.4. The van der Waals surface area contributed by atoms with Crippen molar-refractivity contribution in [2.45, 2.75) is 31.2 Å². The molecule has 2 atom stereocenters. The summed E-state index contributed by atoms with van der Waals surface area (Å²) in [7, 11) is -1.47. The Kier molecular flexibility index (Phi) is 6.50. The molecule has 5 heteroatoms. The third-order valence-electron chi connectivity index (χ3n) is 3.34. The minimum Gasteiger partial charge on any atom is -0.465 e. The number of carbonyl (C=O) groups excluding carboxylic acids is 1. The lowest BCUT2D eigenvalue weighted by Crippen LogP contribution is -2.40. The highest BCUT2D eigenvalue weighted by molar-refractivity contribution is 7.83. The minimum absolute atomic E-state index is 0.295. The third kappa shape index (κ3) is 5.30. The molecule has 0 spiro atoms. The molecule has 2 aromatic carbocycles. The maximum Gasteiger partial charge on any atom is 0.324 e. The van der Waals surface area contributed by atoms with E-state index in [2.05, 4.69) is 4.72 Å². The zero-order chi connectivity index (χ0) is 16.7. The van der Waals surface area contributed by atoms with E-state index in [1.807, 2.05) is 49.4 Å². The van der Waals surface area contributed by atoms with E-state index in [0.29, 0.717) is 17.9 Å². The number of aryl methyl sites for hydroxylation is 1. The van der Waals surface area contributed by atoms with Crippen molar-refractivity contribution in [1.82, 2.24) is 4.72 Å². The molecule has 0 aliphatic carbocycles. The Morgan fingerprint density at radius 3 is 2.39 bits per heavy atom. The van der Waals surface area contributed by atoms with Gasteiger partial charge in [-0.1, -0.05) is 48.0 Å². The molecule has 0 amide bonds. The van der Waals surface area contributed by atoms with Gasteiger partial charge in [-0.2, -0.15) is 0 Å². The van der Waals surface area contributed by atoms with E-state index in [1.54, 1.807) is 19.1 Å². The topological polar surface area (TPSA) is 55.4 Å². The fourth-order valence-corrected chi connectivity index (χ4v) is 3.08. The van der Waals surface area contributed by atoms with Crippen LogP contribution in [0.15, 0.2) is 59.5 Å². The lowest BCUT2D eigenvalue weighted by molar-refractivity contribution is -0.145. The molecule has 23 heavy (non-hydrogen) atoms. The van der Waals surface area contributed by atoms with Crippen molar-refractivity contribution < 1.29 is 13.7 Å². The molecule has 2 rings (SSSR count). The van der Waals surface area contributed by atoms with Crippen molar-refractivity contribution in [3.8, 4) is 0 Å². The monoisotopic (exact) mass is 331 g/mol. The van der Waals surface area contributed by atoms with Gasteiger partial charge in [-0.05, 0) is 38.0 Å². The quantitative estimate of drug-likeness (QED) is 0.794. The van der Waals surface area contributed by atoms with E-state index < -0.39 is 23.0 Å². The molecule has 0 saturated carbocycles. The molecular formula is C18H21NO3S. The number of ether oxygens (including phenoxy) is 1. The van der Waals surface area contributed by atoms with Gasteiger partial charge in [-0.25, -0.2) is 8.93 Å². The molecule has 0 radical (unpaired) electrons. The standard InChI is InChI=1S/C18H21NO3S/c1-3-22-18(20)17(13-15-7-5-4-6-8-15)19-23(21)16-11-9-14(2)10-12-16/h4-12,17,19H,3,13H2,1-2H3/t17-,23?/m0/s1. The summed E-state index contributed by atoms with van der Waals surface area (Å²) in [4.78, 5) is 12.8. The maximum atomic E-state index is 12.5. The molecule has 0 aliphatic rings. The van der Waals surface area contributed by atoms with Crippen LogP contribution in [0.2, 0.25) is 0 Å². The van der Waals surface area contributed by atoms with E-state index in [0.717, 1.165) is 11.1 Å². The molecule has 1 unspecified atom stereocenters. The van der Waals surface area contributed by atoms with Gasteiger partial charge in [-0.15, -0.1) is 0 Å².